The monoisotopic (exact) mass is 462 g/mol. The summed E-state index contributed by atoms with van der Waals surface area (Å²) in [6, 6.07) is 6.59. The van der Waals surface area contributed by atoms with Crippen molar-refractivity contribution < 1.29 is 23.9 Å². The molecule has 2 bridgehead atoms. The molecule has 34 heavy (non-hydrogen) atoms. The molecular formula is C27H30N2O5. The van der Waals surface area contributed by atoms with Gasteiger partial charge in [-0.25, -0.2) is 4.79 Å². The van der Waals surface area contributed by atoms with Crippen molar-refractivity contribution in [2.45, 2.75) is 45.1 Å². The summed E-state index contributed by atoms with van der Waals surface area (Å²) in [7, 11) is 0. The Kier molecular flexibility index (Phi) is 5.12. The Morgan fingerprint density at radius 2 is 1.53 bits per heavy atom. The van der Waals surface area contributed by atoms with Crippen molar-refractivity contribution in [1.29, 1.82) is 0 Å². The van der Waals surface area contributed by atoms with E-state index in [0.29, 0.717) is 55.4 Å². The average molecular weight is 463 g/mol. The Morgan fingerprint density at radius 3 is 2.09 bits per heavy atom. The lowest BCUT2D eigenvalue weighted by atomic mass is 9.63. The van der Waals surface area contributed by atoms with Gasteiger partial charge in [-0.05, 0) is 87.0 Å². The lowest BCUT2D eigenvalue weighted by molar-refractivity contribution is -0.144. The van der Waals surface area contributed by atoms with E-state index in [0.717, 1.165) is 0 Å². The summed E-state index contributed by atoms with van der Waals surface area (Å²) >= 11 is 0. The lowest BCUT2D eigenvalue weighted by Crippen LogP contribution is -2.44. The summed E-state index contributed by atoms with van der Waals surface area (Å²) in [5.74, 6) is 0.901. The number of ether oxygens (including phenoxy) is 1. The Morgan fingerprint density at radius 1 is 0.941 bits per heavy atom. The molecule has 1 aromatic carbocycles. The highest BCUT2D eigenvalue weighted by Gasteiger charge is 2.67. The highest BCUT2D eigenvalue weighted by atomic mass is 16.5. The van der Waals surface area contributed by atoms with Crippen LogP contribution in [0.1, 0.15) is 49.4 Å². The molecule has 178 valence electrons. The van der Waals surface area contributed by atoms with Crippen molar-refractivity contribution in [3.05, 3.63) is 42.0 Å². The minimum Gasteiger partial charge on any atom is -0.462 e. The quantitative estimate of drug-likeness (QED) is 0.411. The van der Waals surface area contributed by atoms with Crippen molar-refractivity contribution in [3.63, 3.8) is 0 Å². The predicted molar refractivity (Wildman–Crippen MR) is 123 cm³/mol. The second-order valence-electron chi connectivity index (χ2n) is 10.5. The molecule has 6 aliphatic rings. The Labute approximate surface area is 198 Å². The van der Waals surface area contributed by atoms with Gasteiger partial charge < -0.3 is 10.1 Å². The fourth-order valence-corrected chi connectivity index (χ4v) is 7.08. The number of likely N-dealkylation sites (tertiary alicyclic amines) is 1. The maximum absolute atomic E-state index is 13.3. The van der Waals surface area contributed by atoms with Gasteiger partial charge in [-0.3, -0.25) is 19.3 Å². The summed E-state index contributed by atoms with van der Waals surface area (Å²) in [6.07, 6.45) is 8.23. The largest absolute Gasteiger partial charge is 0.462 e. The minimum absolute atomic E-state index is 0.0364. The Hall–Kier alpha value is -2.96. The number of imide groups is 1. The van der Waals surface area contributed by atoms with E-state index in [2.05, 4.69) is 17.5 Å². The van der Waals surface area contributed by atoms with E-state index in [1.807, 2.05) is 0 Å². The second kappa shape index (κ2) is 8.07. The maximum atomic E-state index is 13.3. The number of nitrogens with one attached hydrogen (secondary N) is 1. The first-order chi connectivity index (χ1) is 16.5. The van der Waals surface area contributed by atoms with Crippen LogP contribution in [-0.2, 0) is 19.1 Å². The van der Waals surface area contributed by atoms with Gasteiger partial charge in [0.05, 0.1) is 24.0 Å². The van der Waals surface area contributed by atoms with Gasteiger partial charge in [0.15, 0.2) is 0 Å². The van der Waals surface area contributed by atoms with Crippen LogP contribution in [0.5, 0.6) is 0 Å². The summed E-state index contributed by atoms with van der Waals surface area (Å²) in [5.41, 5.74) is 1.08. The van der Waals surface area contributed by atoms with Crippen LogP contribution in [0.4, 0.5) is 5.69 Å². The number of rotatable bonds is 5. The Balaban J connectivity index is 1.06. The summed E-state index contributed by atoms with van der Waals surface area (Å²) in [5, 5.41) is 2.94. The molecule has 7 heteroatoms. The van der Waals surface area contributed by atoms with E-state index in [1.165, 1.54) is 6.42 Å². The number of hydrogen-bond acceptors (Lipinski definition) is 5. The van der Waals surface area contributed by atoms with Crippen molar-refractivity contribution in [2.24, 2.45) is 41.4 Å². The van der Waals surface area contributed by atoms with Gasteiger partial charge in [-0.15, -0.1) is 0 Å². The summed E-state index contributed by atoms with van der Waals surface area (Å²) in [6.45, 7) is 2.07. The first kappa shape index (κ1) is 21.6. The topological polar surface area (TPSA) is 92.8 Å². The van der Waals surface area contributed by atoms with E-state index in [1.54, 1.807) is 36.1 Å². The zero-order valence-electron chi connectivity index (χ0n) is 19.3. The molecule has 4 fully saturated rings. The third-order valence-electron chi connectivity index (χ3n) is 8.79. The number of anilines is 1. The normalized spacial score (nSPS) is 37.3. The molecule has 0 aromatic heterocycles. The van der Waals surface area contributed by atoms with Crippen LogP contribution in [0.15, 0.2) is 36.4 Å². The molecule has 0 unspecified atom stereocenters. The van der Waals surface area contributed by atoms with E-state index in [9.17, 15) is 19.2 Å². The van der Waals surface area contributed by atoms with Crippen molar-refractivity contribution >= 4 is 29.4 Å². The third kappa shape index (κ3) is 3.31. The molecule has 1 N–H and O–H groups in total. The molecule has 5 aliphatic carbocycles. The van der Waals surface area contributed by atoms with E-state index in [4.69, 9.17) is 4.74 Å². The van der Waals surface area contributed by atoms with Gasteiger partial charge in [0.1, 0.15) is 0 Å². The van der Waals surface area contributed by atoms with Gasteiger partial charge in [-0.1, -0.05) is 12.2 Å². The molecule has 1 aliphatic heterocycles. The molecule has 3 amide bonds. The number of hydrogen-bond donors (Lipinski definition) is 1. The van der Waals surface area contributed by atoms with Crippen LogP contribution in [0.25, 0.3) is 0 Å². The zero-order valence-corrected chi connectivity index (χ0v) is 19.3. The van der Waals surface area contributed by atoms with Gasteiger partial charge >= 0.3 is 5.97 Å². The number of esters is 1. The number of allylic oxidation sites excluding steroid dienone is 2. The lowest BCUT2D eigenvalue weighted by Gasteiger charge is -2.37. The van der Waals surface area contributed by atoms with Gasteiger partial charge in [0, 0.05) is 17.6 Å². The number of benzene rings is 1. The third-order valence-corrected chi connectivity index (χ3v) is 8.79. The average Bonchev–Trinajstić information content (AvgIpc) is 3.63. The summed E-state index contributed by atoms with van der Waals surface area (Å²) < 4.78 is 4.98. The van der Waals surface area contributed by atoms with Crippen LogP contribution in [-0.4, -0.2) is 41.2 Å². The molecule has 6 atom stereocenters. The molecule has 7 nitrogen and oxygen atoms in total. The first-order valence-electron chi connectivity index (χ1n) is 12.6. The smallest absolute Gasteiger partial charge is 0.338 e. The van der Waals surface area contributed by atoms with Gasteiger partial charge in [0.2, 0.25) is 17.7 Å². The fraction of sp³-hybridized carbons (Fsp3) is 0.556. The molecule has 1 aromatic rings. The van der Waals surface area contributed by atoms with Crippen LogP contribution in [0, 0.1) is 41.4 Å². The van der Waals surface area contributed by atoms with Crippen LogP contribution < -0.4 is 5.32 Å². The van der Waals surface area contributed by atoms with Crippen molar-refractivity contribution in [2.75, 3.05) is 11.9 Å². The second-order valence-corrected chi connectivity index (χ2v) is 10.5. The summed E-state index contributed by atoms with van der Waals surface area (Å²) in [4.78, 5) is 52.9. The molecule has 1 saturated heterocycles. The molecule has 0 spiro atoms. The molecule has 7 rings (SSSR count). The van der Waals surface area contributed by atoms with Crippen LogP contribution >= 0.6 is 0 Å². The zero-order chi connectivity index (χ0) is 23.6. The standard InChI is InChI=1S/C27H30N2O5/c1-2-34-27(33)15-3-7-16(8-4-15)28-24(30)14-5-9-17(10-6-14)29-25(31)22-18-11-12-19(21-13-20(18)21)23(22)26(29)32/h3-4,7-8,11-12,14,17-23H,2,5-6,9-10,13H2,1H3,(H,28,30)/t14?,17?,18-,19-,20-,21-,22+,23+/m0/s1. The first-order valence-corrected chi connectivity index (χ1v) is 12.6. The molecule has 0 radical (unpaired) electrons. The minimum atomic E-state index is -0.384. The van der Waals surface area contributed by atoms with Crippen LogP contribution in [0.3, 0.4) is 0 Å². The molecule has 1 heterocycles. The van der Waals surface area contributed by atoms with E-state index in [-0.39, 0.29) is 59.3 Å². The van der Waals surface area contributed by atoms with Gasteiger partial charge in [0.25, 0.3) is 0 Å². The molecular weight excluding hydrogens is 432 g/mol. The van der Waals surface area contributed by atoms with Crippen molar-refractivity contribution in [3.8, 4) is 0 Å². The van der Waals surface area contributed by atoms with E-state index >= 15 is 0 Å². The fourth-order valence-electron chi connectivity index (χ4n) is 7.08. The van der Waals surface area contributed by atoms with Crippen LogP contribution in [0.2, 0.25) is 0 Å². The SMILES string of the molecule is CCOC(=O)c1ccc(NC(=O)C2CCC(N3C(=O)[C@@H]4[C@H]5C=C[C@@H]([C@@H]6C[C@@H]56)[C@H]4C3=O)CC2)cc1. The molecule has 3 saturated carbocycles. The highest BCUT2D eigenvalue weighted by molar-refractivity contribution is 6.06. The highest BCUT2D eigenvalue weighted by Crippen LogP contribution is 2.65. The number of carbonyl (C=O) groups excluding carboxylic acids is 4. The number of amides is 3. The number of carbonyl (C=O) groups is 4. The van der Waals surface area contributed by atoms with E-state index < -0.39 is 0 Å². The Bertz CT molecular complexity index is 1030. The number of nitrogens with zero attached hydrogens (tertiary/aromatic N) is 1. The maximum Gasteiger partial charge on any atom is 0.338 e. The van der Waals surface area contributed by atoms with Crippen molar-refractivity contribution in [1.82, 2.24) is 4.90 Å². The van der Waals surface area contributed by atoms with Gasteiger partial charge in [-0.2, -0.15) is 0 Å². The predicted octanol–water partition coefficient (Wildman–Crippen LogP) is 3.41.